The number of amides is 1. The van der Waals surface area contributed by atoms with Crippen molar-refractivity contribution in [2.75, 3.05) is 40.0 Å². The Morgan fingerprint density at radius 2 is 1.89 bits per heavy atom. The minimum Gasteiger partial charge on any atom is -0.492 e. The molecule has 0 spiro atoms. The van der Waals surface area contributed by atoms with Crippen LogP contribution in [0, 0.1) is 6.92 Å². The highest BCUT2D eigenvalue weighted by molar-refractivity contribution is 5.77. The summed E-state index contributed by atoms with van der Waals surface area (Å²) in [7, 11) is 1.63. The smallest absolute Gasteiger partial charge is 0.234 e. The molecule has 0 aliphatic heterocycles. The van der Waals surface area contributed by atoms with Gasteiger partial charge in [0.1, 0.15) is 12.4 Å². The van der Waals surface area contributed by atoms with Gasteiger partial charge in [-0.1, -0.05) is 17.7 Å². The summed E-state index contributed by atoms with van der Waals surface area (Å²) in [5.74, 6) is 0.779. The molecule has 5 heteroatoms. The van der Waals surface area contributed by atoms with Crippen LogP contribution in [0.4, 0.5) is 0 Å². The number of rotatable bonds is 9. The molecule has 0 aliphatic carbocycles. The van der Waals surface area contributed by atoms with Crippen molar-refractivity contribution in [2.45, 2.75) is 6.92 Å². The zero-order chi connectivity index (χ0) is 13.9. The highest BCUT2D eigenvalue weighted by atomic mass is 16.5. The molecule has 106 valence electrons. The minimum absolute atomic E-state index is 0.0383. The van der Waals surface area contributed by atoms with E-state index < -0.39 is 0 Å². The highest BCUT2D eigenvalue weighted by Gasteiger charge is 1.99. The summed E-state index contributed by atoms with van der Waals surface area (Å²) < 4.78 is 10.4. The monoisotopic (exact) mass is 266 g/mol. The fraction of sp³-hybridized carbons (Fsp3) is 0.500. The molecule has 1 rings (SSSR count). The van der Waals surface area contributed by atoms with Gasteiger partial charge in [-0.3, -0.25) is 4.79 Å². The van der Waals surface area contributed by atoms with Gasteiger partial charge in [0.25, 0.3) is 0 Å². The van der Waals surface area contributed by atoms with E-state index in [4.69, 9.17) is 9.47 Å². The first-order chi connectivity index (χ1) is 9.22. The molecule has 19 heavy (non-hydrogen) atoms. The molecule has 1 aromatic rings. The van der Waals surface area contributed by atoms with Crippen LogP contribution in [0.2, 0.25) is 0 Å². The molecule has 0 aliphatic rings. The van der Waals surface area contributed by atoms with Crippen LogP contribution >= 0.6 is 0 Å². The van der Waals surface area contributed by atoms with Crippen LogP contribution in [0.3, 0.4) is 0 Å². The van der Waals surface area contributed by atoms with Crippen molar-refractivity contribution in [3.05, 3.63) is 29.8 Å². The predicted octanol–water partition coefficient (Wildman–Crippen LogP) is 0.726. The normalized spacial score (nSPS) is 10.2. The first-order valence-electron chi connectivity index (χ1n) is 6.38. The molecular formula is C14H22N2O3. The molecule has 0 fully saturated rings. The average molecular weight is 266 g/mol. The van der Waals surface area contributed by atoms with Crippen LogP contribution in [0.1, 0.15) is 5.56 Å². The first-order valence-corrected chi connectivity index (χ1v) is 6.38. The largest absolute Gasteiger partial charge is 0.492 e. The Bertz CT molecular complexity index is 365. The maximum Gasteiger partial charge on any atom is 0.234 e. The fourth-order valence-corrected chi connectivity index (χ4v) is 1.43. The molecule has 1 amide bonds. The third-order valence-corrected chi connectivity index (χ3v) is 2.48. The number of hydrogen-bond donors (Lipinski definition) is 2. The summed E-state index contributed by atoms with van der Waals surface area (Å²) in [4.78, 5) is 11.4. The van der Waals surface area contributed by atoms with E-state index >= 15 is 0 Å². The Balaban J connectivity index is 2.03. The summed E-state index contributed by atoms with van der Waals surface area (Å²) >= 11 is 0. The van der Waals surface area contributed by atoms with Crippen molar-refractivity contribution in [1.29, 1.82) is 0 Å². The Morgan fingerprint density at radius 1 is 1.16 bits per heavy atom. The van der Waals surface area contributed by atoms with Gasteiger partial charge in [-0.2, -0.15) is 0 Å². The number of hydrogen-bond acceptors (Lipinski definition) is 4. The lowest BCUT2D eigenvalue weighted by Gasteiger charge is -2.08. The standard InChI is InChI=1S/C14H22N2O3/c1-12-3-5-13(6-4-12)19-10-8-16-14(17)11-15-7-9-18-2/h3-6,15H,7-11H2,1-2H3,(H,16,17). The zero-order valence-electron chi connectivity index (χ0n) is 11.6. The summed E-state index contributed by atoms with van der Waals surface area (Å²) in [5, 5.41) is 5.75. The second-order valence-corrected chi connectivity index (χ2v) is 4.18. The molecule has 5 nitrogen and oxygen atoms in total. The Kier molecular flexibility index (Phi) is 7.62. The molecule has 0 atom stereocenters. The van der Waals surface area contributed by atoms with Crippen LogP contribution < -0.4 is 15.4 Å². The van der Waals surface area contributed by atoms with Gasteiger partial charge in [0.2, 0.25) is 5.91 Å². The maximum atomic E-state index is 11.4. The van der Waals surface area contributed by atoms with Crippen LogP contribution in [-0.4, -0.2) is 45.9 Å². The Morgan fingerprint density at radius 3 is 2.58 bits per heavy atom. The number of nitrogens with one attached hydrogen (secondary N) is 2. The van der Waals surface area contributed by atoms with Gasteiger partial charge in [0, 0.05) is 13.7 Å². The van der Waals surface area contributed by atoms with E-state index in [0.29, 0.717) is 32.8 Å². The van der Waals surface area contributed by atoms with Crippen molar-refractivity contribution in [2.24, 2.45) is 0 Å². The van der Waals surface area contributed by atoms with Gasteiger partial charge in [0.05, 0.1) is 19.7 Å². The molecule has 2 N–H and O–H groups in total. The highest BCUT2D eigenvalue weighted by Crippen LogP contribution is 2.10. The quantitative estimate of drug-likeness (QED) is 0.647. The van der Waals surface area contributed by atoms with E-state index in [-0.39, 0.29) is 5.91 Å². The van der Waals surface area contributed by atoms with E-state index in [1.165, 1.54) is 5.56 Å². The number of benzene rings is 1. The van der Waals surface area contributed by atoms with E-state index in [2.05, 4.69) is 10.6 Å². The van der Waals surface area contributed by atoms with Crippen molar-refractivity contribution in [3.63, 3.8) is 0 Å². The summed E-state index contributed by atoms with van der Waals surface area (Å²) in [6.45, 7) is 4.56. The van der Waals surface area contributed by atoms with Gasteiger partial charge in [-0.15, -0.1) is 0 Å². The van der Waals surface area contributed by atoms with Gasteiger partial charge in [-0.25, -0.2) is 0 Å². The number of carbonyl (C=O) groups is 1. The van der Waals surface area contributed by atoms with Gasteiger partial charge < -0.3 is 20.1 Å². The molecule has 0 unspecified atom stereocenters. The molecule has 0 saturated carbocycles. The predicted molar refractivity (Wildman–Crippen MR) is 74.4 cm³/mol. The van der Waals surface area contributed by atoms with Gasteiger partial charge in [-0.05, 0) is 19.1 Å². The summed E-state index contributed by atoms with van der Waals surface area (Å²) in [5.41, 5.74) is 1.20. The van der Waals surface area contributed by atoms with Crippen molar-refractivity contribution in [1.82, 2.24) is 10.6 Å². The molecular weight excluding hydrogens is 244 g/mol. The molecule has 0 aromatic heterocycles. The second-order valence-electron chi connectivity index (χ2n) is 4.18. The minimum atomic E-state index is -0.0383. The molecule has 0 saturated heterocycles. The lowest BCUT2D eigenvalue weighted by atomic mass is 10.2. The average Bonchev–Trinajstić information content (AvgIpc) is 2.42. The topological polar surface area (TPSA) is 59.6 Å². The lowest BCUT2D eigenvalue weighted by Crippen LogP contribution is -2.37. The van der Waals surface area contributed by atoms with Crippen LogP contribution in [0.25, 0.3) is 0 Å². The SMILES string of the molecule is COCCNCC(=O)NCCOc1ccc(C)cc1. The summed E-state index contributed by atoms with van der Waals surface area (Å²) in [6, 6.07) is 7.83. The number of ether oxygens (including phenoxy) is 2. The number of carbonyl (C=O) groups excluding carboxylic acids is 1. The van der Waals surface area contributed by atoms with Gasteiger partial charge >= 0.3 is 0 Å². The third kappa shape index (κ3) is 7.43. The van der Waals surface area contributed by atoms with E-state index in [0.717, 1.165) is 5.75 Å². The van der Waals surface area contributed by atoms with E-state index in [9.17, 15) is 4.79 Å². The summed E-state index contributed by atoms with van der Waals surface area (Å²) in [6.07, 6.45) is 0. The van der Waals surface area contributed by atoms with Crippen LogP contribution in [-0.2, 0) is 9.53 Å². The molecule has 1 aromatic carbocycles. The van der Waals surface area contributed by atoms with Crippen LogP contribution in [0.5, 0.6) is 5.75 Å². The third-order valence-electron chi connectivity index (χ3n) is 2.48. The van der Waals surface area contributed by atoms with E-state index in [1.807, 2.05) is 31.2 Å². The molecule has 0 radical (unpaired) electrons. The number of aryl methyl sites for hydroxylation is 1. The number of methoxy groups -OCH3 is 1. The second kappa shape index (κ2) is 9.35. The Labute approximate surface area is 114 Å². The molecule has 0 heterocycles. The van der Waals surface area contributed by atoms with Crippen molar-refractivity contribution in [3.8, 4) is 5.75 Å². The van der Waals surface area contributed by atoms with Crippen molar-refractivity contribution >= 4 is 5.91 Å². The fourth-order valence-electron chi connectivity index (χ4n) is 1.43. The Hall–Kier alpha value is -1.59. The zero-order valence-corrected chi connectivity index (χ0v) is 11.6. The first kappa shape index (κ1) is 15.5. The van der Waals surface area contributed by atoms with Crippen LogP contribution in [0.15, 0.2) is 24.3 Å². The lowest BCUT2D eigenvalue weighted by molar-refractivity contribution is -0.120. The van der Waals surface area contributed by atoms with Crippen molar-refractivity contribution < 1.29 is 14.3 Å². The maximum absolute atomic E-state index is 11.4. The van der Waals surface area contributed by atoms with E-state index in [1.54, 1.807) is 7.11 Å². The molecule has 0 bridgehead atoms. The van der Waals surface area contributed by atoms with Gasteiger partial charge in [0.15, 0.2) is 0 Å².